The Morgan fingerprint density at radius 3 is 2.81 bits per heavy atom. The number of aliphatic hydroxyl groups is 1. The van der Waals surface area contributed by atoms with E-state index in [9.17, 15) is 9.59 Å². The number of amides is 2. The number of thiophene rings is 1. The standard InChI is InChI=1S/C15H20N2O3S/c1-3-9-17(11-14(19)16-2)15(20)13-8-7-12(21-13)6-4-5-10-18/h7-8,18H,3,5,9-11H2,1-2H3,(H,16,19). The summed E-state index contributed by atoms with van der Waals surface area (Å²) < 4.78 is 0. The van der Waals surface area contributed by atoms with Gasteiger partial charge in [-0.1, -0.05) is 18.8 Å². The topological polar surface area (TPSA) is 69.6 Å². The first kappa shape index (κ1) is 17.2. The molecule has 6 heteroatoms. The van der Waals surface area contributed by atoms with Crippen molar-refractivity contribution in [2.24, 2.45) is 0 Å². The zero-order valence-electron chi connectivity index (χ0n) is 12.3. The fourth-order valence-electron chi connectivity index (χ4n) is 1.66. The van der Waals surface area contributed by atoms with E-state index in [0.29, 0.717) is 17.8 Å². The molecule has 0 atom stereocenters. The summed E-state index contributed by atoms with van der Waals surface area (Å²) in [6, 6.07) is 3.51. The second-order valence-corrected chi connectivity index (χ2v) is 5.42. The average Bonchev–Trinajstić information content (AvgIpc) is 2.95. The van der Waals surface area contributed by atoms with Gasteiger partial charge in [0.05, 0.1) is 22.9 Å². The molecule has 0 unspecified atom stereocenters. The third-order valence-corrected chi connectivity index (χ3v) is 3.65. The zero-order valence-corrected chi connectivity index (χ0v) is 13.1. The van der Waals surface area contributed by atoms with Crippen LogP contribution in [-0.4, -0.2) is 48.6 Å². The Morgan fingerprint density at radius 1 is 1.43 bits per heavy atom. The molecule has 0 aliphatic carbocycles. The van der Waals surface area contributed by atoms with E-state index >= 15 is 0 Å². The molecule has 0 aliphatic heterocycles. The minimum absolute atomic E-state index is 0.0283. The molecule has 1 aromatic heterocycles. The van der Waals surface area contributed by atoms with Crippen LogP contribution in [0.15, 0.2) is 12.1 Å². The Balaban J connectivity index is 2.79. The van der Waals surface area contributed by atoms with Crippen LogP contribution in [0.4, 0.5) is 0 Å². The number of nitrogens with one attached hydrogen (secondary N) is 1. The summed E-state index contributed by atoms with van der Waals surface area (Å²) in [4.78, 5) is 26.8. The van der Waals surface area contributed by atoms with Crippen molar-refractivity contribution >= 4 is 23.2 Å². The van der Waals surface area contributed by atoms with Gasteiger partial charge >= 0.3 is 0 Å². The summed E-state index contributed by atoms with van der Waals surface area (Å²) in [5.41, 5.74) is 0. The maximum Gasteiger partial charge on any atom is 0.264 e. The highest BCUT2D eigenvalue weighted by Crippen LogP contribution is 2.17. The lowest BCUT2D eigenvalue weighted by atomic mass is 10.3. The van der Waals surface area contributed by atoms with E-state index < -0.39 is 0 Å². The number of rotatable bonds is 6. The van der Waals surface area contributed by atoms with Crippen LogP contribution in [0.25, 0.3) is 0 Å². The van der Waals surface area contributed by atoms with Crippen molar-refractivity contribution < 1.29 is 14.7 Å². The molecule has 0 aliphatic rings. The second-order valence-electron chi connectivity index (χ2n) is 4.34. The largest absolute Gasteiger partial charge is 0.395 e. The van der Waals surface area contributed by atoms with E-state index in [4.69, 9.17) is 5.11 Å². The molecule has 1 heterocycles. The maximum absolute atomic E-state index is 12.4. The molecule has 1 rings (SSSR count). The molecule has 5 nitrogen and oxygen atoms in total. The molecule has 114 valence electrons. The highest BCUT2D eigenvalue weighted by molar-refractivity contribution is 7.14. The van der Waals surface area contributed by atoms with Gasteiger partial charge in [0.15, 0.2) is 0 Å². The Bertz CT molecular complexity index is 543. The van der Waals surface area contributed by atoms with Gasteiger partial charge in [-0.25, -0.2) is 0 Å². The van der Waals surface area contributed by atoms with Gasteiger partial charge in [0.25, 0.3) is 5.91 Å². The first-order valence-electron chi connectivity index (χ1n) is 6.81. The normalized spacial score (nSPS) is 9.67. The summed E-state index contributed by atoms with van der Waals surface area (Å²) in [6.07, 6.45) is 1.21. The van der Waals surface area contributed by atoms with Crippen molar-refractivity contribution in [2.45, 2.75) is 19.8 Å². The molecular formula is C15H20N2O3S. The number of hydrogen-bond donors (Lipinski definition) is 2. The fourth-order valence-corrected chi connectivity index (χ4v) is 2.50. The van der Waals surface area contributed by atoms with Crippen LogP contribution in [0, 0.1) is 11.8 Å². The van der Waals surface area contributed by atoms with E-state index in [2.05, 4.69) is 17.2 Å². The van der Waals surface area contributed by atoms with Gasteiger partial charge in [-0.05, 0) is 18.6 Å². The van der Waals surface area contributed by atoms with E-state index in [1.807, 2.05) is 6.92 Å². The highest BCUT2D eigenvalue weighted by atomic mass is 32.1. The molecule has 0 saturated heterocycles. The molecule has 21 heavy (non-hydrogen) atoms. The van der Waals surface area contributed by atoms with Crippen LogP contribution < -0.4 is 5.32 Å². The summed E-state index contributed by atoms with van der Waals surface area (Å²) in [5.74, 6) is 5.39. The number of likely N-dealkylation sites (N-methyl/N-ethyl adjacent to an activating group) is 1. The summed E-state index contributed by atoms with van der Waals surface area (Å²) in [5, 5.41) is 11.2. The lowest BCUT2D eigenvalue weighted by Crippen LogP contribution is -2.39. The molecule has 0 fully saturated rings. The third kappa shape index (κ3) is 5.58. The van der Waals surface area contributed by atoms with E-state index in [-0.39, 0.29) is 25.0 Å². The molecule has 0 saturated carbocycles. The number of aliphatic hydroxyl groups excluding tert-OH is 1. The molecule has 0 radical (unpaired) electrons. The van der Waals surface area contributed by atoms with Crippen molar-refractivity contribution in [1.29, 1.82) is 0 Å². The Kier molecular flexibility index (Phi) is 7.51. The van der Waals surface area contributed by atoms with E-state index in [1.54, 1.807) is 19.2 Å². The summed E-state index contributed by atoms with van der Waals surface area (Å²) >= 11 is 1.30. The van der Waals surface area contributed by atoms with Gasteiger partial charge in [-0.15, -0.1) is 11.3 Å². The molecule has 0 spiro atoms. The van der Waals surface area contributed by atoms with Crippen LogP contribution in [-0.2, 0) is 4.79 Å². The van der Waals surface area contributed by atoms with Crippen LogP contribution in [0.3, 0.4) is 0 Å². The predicted octanol–water partition coefficient (Wildman–Crippen LogP) is 1.08. The third-order valence-electron chi connectivity index (χ3n) is 2.66. The summed E-state index contributed by atoms with van der Waals surface area (Å²) in [6.45, 7) is 2.59. The fraction of sp³-hybridized carbons (Fsp3) is 0.467. The van der Waals surface area contributed by atoms with Crippen molar-refractivity contribution in [3.05, 3.63) is 21.9 Å². The number of carbonyl (C=O) groups excluding carboxylic acids is 2. The van der Waals surface area contributed by atoms with Crippen LogP contribution in [0.5, 0.6) is 0 Å². The first-order chi connectivity index (χ1) is 10.1. The van der Waals surface area contributed by atoms with Crippen LogP contribution in [0.1, 0.15) is 34.3 Å². The number of nitrogens with zero attached hydrogens (tertiary/aromatic N) is 1. The van der Waals surface area contributed by atoms with E-state index in [0.717, 1.165) is 11.3 Å². The SMILES string of the molecule is CCCN(CC(=O)NC)C(=O)c1ccc(C#CCCO)s1. The highest BCUT2D eigenvalue weighted by Gasteiger charge is 2.19. The van der Waals surface area contributed by atoms with Gasteiger partial charge < -0.3 is 15.3 Å². The lowest BCUT2D eigenvalue weighted by molar-refractivity contribution is -0.121. The molecule has 2 amide bonds. The molecule has 2 N–H and O–H groups in total. The molecular weight excluding hydrogens is 288 g/mol. The van der Waals surface area contributed by atoms with Gasteiger partial charge in [-0.3, -0.25) is 9.59 Å². The summed E-state index contributed by atoms with van der Waals surface area (Å²) in [7, 11) is 1.55. The minimum atomic E-state index is -0.184. The van der Waals surface area contributed by atoms with Crippen molar-refractivity contribution in [1.82, 2.24) is 10.2 Å². The first-order valence-corrected chi connectivity index (χ1v) is 7.63. The number of hydrogen-bond acceptors (Lipinski definition) is 4. The monoisotopic (exact) mass is 308 g/mol. The van der Waals surface area contributed by atoms with Crippen LogP contribution >= 0.6 is 11.3 Å². The molecule has 0 aromatic carbocycles. The van der Waals surface area contributed by atoms with Crippen molar-refractivity contribution in [3.8, 4) is 11.8 Å². The quantitative estimate of drug-likeness (QED) is 0.773. The van der Waals surface area contributed by atoms with Crippen molar-refractivity contribution in [3.63, 3.8) is 0 Å². The Labute approximate surface area is 129 Å². The van der Waals surface area contributed by atoms with Gasteiger partial charge in [0, 0.05) is 20.0 Å². The second kappa shape index (κ2) is 9.16. The van der Waals surface area contributed by atoms with Gasteiger partial charge in [-0.2, -0.15) is 0 Å². The maximum atomic E-state index is 12.4. The molecule has 0 bridgehead atoms. The van der Waals surface area contributed by atoms with Crippen LogP contribution in [0.2, 0.25) is 0 Å². The lowest BCUT2D eigenvalue weighted by Gasteiger charge is -2.20. The minimum Gasteiger partial charge on any atom is -0.395 e. The van der Waals surface area contributed by atoms with Gasteiger partial charge in [0.1, 0.15) is 0 Å². The average molecular weight is 308 g/mol. The number of carbonyl (C=O) groups is 2. The molecule has 1 aromatic rings. The Hall–Kier alpha value is -1.84. The Morgan fingerprint density at radius 2 is 2.19 bits per heavy atom. The smallest absolute Gasteiger partial charge is 0.264 e. The van der Waals surface area contributed by atoms with Gasteiger partial charge in [0.2, 0.25) is 5.91 Å². The van der Waals surface area contributed by atoms with E-state index in [1.165, 1.54) is 16.2 Å². The van der Waals surface area contributed by atoms with Crippen molar-refractivity contribution in [2.75, 3.05) is 26.7 Å². The predicted molar refractivity (Wildman–Crippen MR) is 83.2 cm³/mol. The zero-order chi connectivity index (χ0) is 15.7.